The SMILES string of the molecule is C=COC(CC)CNCC. The van der Waals surface area contributed by atoms with Crippen LogP contribution in [0.1, 0.15) is 20.3 Å². The Balaban J connectivity index is 3.29. The van der Waals surface area contributed by atoms with Crippen molar-refractivity contribution in [2.75, 3.05) is 13.1 Å². The monoisotopic (exact) mass is 143 g/mol. The van der Waals surface area contributed by atoms with Gasteiger partial charge >= 0.3 is 0 Å². The number of hydrogen-bond acceptors (Lipinski definition) is 2. The van der Waals surface area contributed by atoms with Gasteiger partial charge in [-0.05, 0) is 13.0 Å². The van der Waals surface area contributed by atoms with Crippen LogP contribution in [0, 0.1) is 0 Å². The highest BCUT2D eigenvalue weighted by molar-refractivity contribution is 4.62. The Morgan fingerprint density at radius 3 is 2.70 bits per heavy atom. The predicted molar refractivity (Wildman–Crippen MR) is 43.9 cm³/mol. The molecule has 1 N–H and O–H groups in total. The van der Waals surface area contributed by atoms with E-state index in [-0.39, 0.29) is 6.10 Å². The molecule has 0 amide bonds. The van der Waals surface area contributed by atoms with Crippen molar-refractivity contribution in [2.45, 2.75) is 26.4 Å². The lowest BCUT2D eigenvalue weighted by atomic mass is 10.3. The van der Waals surface area contributed by atoms with Gasteiger partial charge in [0, 0.05) is 6.54 Å². The summed E-state index contributed by atoms with van der Waals surface area (Å²) in [5.74, 6) is 0. The smallest absolute Gasteiger partial charge is 0.110 e. The van der Waals surface area contributed by atoms with Crippen molar-refractivity contribution in [1.29, 1.82) is 0 Å². The fraction of sp³-hybridized carbons (Fsp3) is 0.750. The van der Waals surface area contributed by atoms with Crippen molar-refractivity contribution in [2.24, 2.45) is 0 Å². The van der Waals surface area contributed by atoms with E-state index in [2.05, 4.69) is 25.7 Å². The lowest BCUT2D eigenvalue weighted by Gasteiger charge is -2.13. The van der Waals surface area contributed by atoms with Crippen LogP contribution in [-0.4, -0.2) is 19.2 Å². The quantitative estimate of drug-likeness (QED) is 0.569. The van der Waals surface area contributed by atoms with Gasteiger partial charge in [-0.1, -0.05) is 20.4 Å². The van der Waals surface area contributed by atoms with E-state index in [9.17, 15) is 0 Å². The van der Waals surface area contributed by atoms with Crippen molar-refractivity contribution in [3.05, 3.63) is 12.8 Å². The molecule has 0 heterocycles. The van der Waals surface area contributed by atoms with Crippen molar-refractivity contribution < 1.29 is 4.74 Å². The number of nitrogens with one attached hydrogen (secondary N) is 1. The van der Waals surface area contributed by atoms with Crippen molar-refractivity contribution in [3.8, 4) is 0 Å². The van der Waals surface area contributed by atoms with Crippen molar-refractivity contribution in [3.63, 3.8) is 0 Å². The van der Waals surface area contributed by atoms with Gasteiger partial charge in [0.2, 0.25) is 0 Å². The highest BCUT2D eigenvalue weighted by Gasteiger charge is 2.01. The van der Waals surface area contributed by atoms with Gasteiger partial charge in [-0.25, -0.2) is 0 Å². The molecule has 0 radical (unpaired) electrons. The normalized spacial score (nSPS) is 12.6. The number of likely N-dealkylation sites (N-methyl/N-ethyl adjacent to an activating group) is 1. The van der Waals surface area contributed by atoms with Crippen LogP contribution in [0.2, 0.25) is 0 Å². The second-order valence-electron chi connectivity index (χ2n) is 2.14. The Bertz CT molecular complexity index is 83.3. The molecule has 0 aliphatic carbocycles. The second-order valence-corrected chi connectivity index (χ2v) is 2.14. The second kappa shape index (κ2) is 6.62. The third-order valence-corrected chi connectivity index (χ3v) is 1.37. The minimum Gasteiger partial charge on any atom is -0.497 e. The number of ether oxygens (including phenoxy) is 1. The van der Waals surface area contributed by atoms with Crippen LogP contribution in [0.25, 0.3) is 0 Å². The van der Waals surface area contributed by atoms with Gasteiger partial charge < -0.3 is 10.1 Å². The van der Waals surface area contributed by atoms with Crippen molar-refractivity contribution >= 4 is 0 Å². The zero-order valence-corrected chi connectivity index (χ0v) is 6.89. The van der Waals surface area contributed by atoms with Gasteiger partial charge in [-0.3, -0.25) is 0 Å². The maximum Gasteiger partial charge on any atom is 0.110 e. The van der Waals surface area contributed by atoms with Gasteiger partial charge in [-0.2, -0.15) is 0 Å². The molecule has 0 bridgehead atoms. The molecule has 0 aromatic rings. The molecule has 1 unspecified atom stereocenters. The molecule has 0 rings (SSSR count). The van der Waals surface area contributed by atoms with Gasteiger partial charge in [-0.15, -0.1) is 0 Å². The van der Waals surface area contributed by atoms with Crippen molar-refractivity contribution in [1.82, 2.24) is 5.32 Å². The Morgan fingerprint density at radius 2 is 2.30 bits per heavy atom. The summed E-state index contributed by atoms with van der Waals surface area (Å²) in [6.45, 7) is 9.61. The van der Waals surface area contributed by atoms with Gasteiger partial charge in [0.1, 0.15) is 6.10 Å². The molecule has 0 aliphatic rings. The Morgan fingerprint density at radius 1 is 1.60 bits per heavy atom. The maximum atomic E-state index is 5.19. The van der Waals surface area contributed by atoms with E-state index in [1.165, 1.54) is 6.26 Å². The molecule has 0 aromatic heterocycles. The molecule has 2 heteroatoms. The van der Waals surface area contributed by atoms with Gasteiger partial charge in [0.25, 0.3) is 0 Å². The largest absolute Gasteiger partial charge is 0.497 e. The van der Waals surface area contributed by atoms with E-state index in [0.717, 1.165) is 19.5 Å². The molecule has 0 saturated carbocycles. The summed E-state index contributed by atoms with van der Waals surface area (Å²) in [7, 11) is 0. The first kappa shape index (κ1) is 9.50. The number of rotatable bonds is 6. The minimum absolute atomic E-state index is 0.289. The first-order valence-electron chi connectivity index (χ1n) is 3.82. The Hall–Kier alpha value is -0.500. The summed E-state index contributed by atoms with van der Waals surface area (Å²) in [6, 6.07) is 0. The molecule has 0 aromatic carbocycles. The van der Waals surface area contributed by atoms with Crippen LogP contribution in [0.4, 0.5) is 0 Å². The molecule has 10 heavy (non-hydrogen) atoms. The lowest BCUT2D eigenvalue weighted by Crippen LogP contribution is -2.27. The van der Waals surface area contributed by atoms with Crippen LogP contribution < -0.4 is 5.32 Å². The topological polar surface area (TPSA) is 21.3 Å². The van der Waals surface area contributed by atoms with Gasteiger partial charge in [0.05, 0.1) is 6.26 Å². The van der Waals surface area contributed by atoms with E-state index >= 15 is 0 Å². The summed E-state index contributed by atoms with van der Waals surface area (Å²) in [5, 5.41) is 3.21. The standard InChI is InChI=1S/C8H17NO/c1-4-8(10-6-3)7-9-5-2/h6,8-9H,3-5,7H2,1-2H3. The molecule has 0 saturated heterocycles. The summed E-state index contributed by atoms with van der Waals surface area (Å²) >= 11 is 0. The highest BCUT2D eigenvalue weighted by Crippen LogP contribution is 1.95. The minimum atomic E-state index is 0.289. The van der Waals surface area contributed by atoms with E-state index < -0.39 is 0 Å². The van der Waals surface area contributed by atoms with Crippen LogP contribution in [-0.2, 0) is 4.74 Å². The summed E-state index contributed by atoms with van der Waals surface area (Å²) in [4.78, 5) is 0. The average molecular weight is 143 g/mol. The molecule has 0 fully saturated rings. The highest BCUT2D eigenvalue weighted by atomic mass is 16.5. The molecule has 0 aliphatic heterocycles. The fourth-order valence-electron chi connectivity index (χ4n) is 0.730. The Kier molecular flexibility index (Phi) is 6.29. The van der Waals surface area contributed by atoms with E-state index in [4.69, 9.17) is 4.74 Å². The average Bonchev–Trinajstić information content (AvgIpc) is 1.98. The lowest BCUT2D eigenvalue weighted by molar-refractivity contribution is 0.140. The third-order valence-electron chi connectivity index (χ3n) is 1.37. The first-order chi connectivity index (χ1) is 4.85. The maximum absolute atomic E-state index is 5.19. The van der Waals surface area contributed by atoms with Crippen LogP contribution in [0.3, 0.4) is 0 Å². The van der Waals surface area contributed by atoms with E-state index in [1.54, 1.807) is 0 Å². The summed E-state index contributed by atoms with van der Waals surface area (Å²) in [6.07, 6.45) is 2.82. The third kappa shape index (κ3) is 4.39. The van der Waals surface area contributed by atoms with Crippen LogP contribution in [0.5, 0.6) is 0 Å². The van der Waals surface area contributed by atoms with Crippen LogP contribution in [0.15, 0.2) is 12.8 Å². The van der Waals surface area contributed by atoms with Crippen LogP contribution >= 0.6 is 0 Å². The van der Waals surface area contributed by atoms with E-state index in [0.29, 0.717) is 0 Å². The summed E-state index contributed by atoms with van der Waals surface area (Å²) < 4.78 is 5.19. The molecule has 1 atom stereocenters. The molecule has 0 spiro atoms. The predicted octanol–water partition coefficient (Wildman–Crippen LogP) is 1.53. The zero-order valence-electron chi connectivity index (χ0n) is 6.89. The molecule has 60 valence electrons. The molecular weight excluding hydrogens is 126 g/mol. The zero-order chi connectivity index (χ0) is 7.82. The summed E-state index contributed by atoms with van der Waals surface area (Å²) in [5.41, 5.74) is 0. The molecular formula is C8H17NO. The van der Waals surface area contributed by atoms with E-state index in [1.807, 2.05) is 0 Å². The first-order valence-corrected chi connectivity index (χ1v) is 3.82. The fourth-order valence-corrected chi connectivity index (χ4v) is 0.730. The number of hydrogen-bond donors (Lipinski definition) is 1. The Labute approximate surface area is 63.3 Å². The van der Waals surface area contributed by atoms with Gasteiger partial charge in [0.15, 0.2) is 0 Å². The molecule has 2 nitrogen and oxygen atoms in total.